The highest BCUT2D eigenvalue weighted by atomic mass is 16.5. The van der Waals surface area contributed by atoms with E-state index in [1.165, 1.54) is 0 Å². The maximum atomic E-state index is 12.8. The van der Waals surface area contributed by atoms with Crippen molar-refractivity contribution < 1.29 is 14.3 Å². The summed E-state index contributed by atoms with van der Waals surface area (Å²) in [6.07, 6.45) is -0.370. The van der Waals surface area contributed by atoms with Crippen molar-refractivity contribution in [3.8, 4) is 5.75 Å². The number of fused-ring (bicyclic) bond motifs is 1. The lowest BCUT2D eigenvalue weighted by Gasteiger charge is -2.43. The maximum Gasteiger partial charge on any atom is 0.257 e. The van der Waals surface area contributed by atoms with Crippen LogP contribution in [-0.4, -0.2) is 44.5 Å². The first-order valence-corrected chi connectivity index (χ1v) is 8.04. The quantitative estimate of drug-likeness (QED) is 0.926. The van der Waals surface area contributed by atoms with E-state index in [0.717, 1.165) is 17.0 Å². The van der Waals surface area contributed by atoms with E-state index < -0.39 is 0 Å². The summed E-state index contributed by atoms with van der Waals surface area (Å²) in [7, 11) is 4.97. The summed E-state index contributed by atoms with van der Waals surface area (Å²) < 4.78 is 5.21. The average molecular weight is 339 g/mol. The molecule has 1 unspecified atom stereocenters. The summed E-state index contributed by atoms with van der Waals surface area (Å²) in [6, 6.07) is 14.9. The van der Waals surface area contributed by atoms with Crippen LogP contribution in [0.25, 0.3) is 0 Å². The van der Waals surface area contributed by atoms with Gasteiger partial charge in [-0.1, -0.05) is 24.3 Å². The monoisotopic (exact) mass is 339 g/mol. The van der Waals surface area contributed by atoms with Crippen LogP contribution in [0, 0.1) is 0 Å². The van der Waals surface area contributed by atoms with Gasteiger partial charge in [-0.25, -0.2) is 0 Å². The Labute approximate surface area is 147 Å². The van der Waals surface area contributed by atoms with E-state index in [1.54, 1.807) is 32.2 Å². The molecule has 2 amide bonds. The molecule has 1 aliphatic heterocycles. The number of para-hydroxylation sites is 1. The molecule has 25 heavy (non-hydrogen) atoms. The van der Waals surface area contributed by atoms with Crippen LogP contribution in [0.5, 0.6) is 5.75 Å². The zero-order valence-electron chi connectivity index (χ0n) is 14.5. The van der Waals surface area contributed by atoms with Crippen LogP contribution < -0.4 is 15.0 Å². The summed E-state index contributed by atoms with van der Waals surface area (Å²) in [4.78, 5) is 28.5. The Morgan fingerprint density at radius 2 is 1.84 bits per heavy atom. The van der Waals surface area contributed by atoms with Crippen LogP contribution in [0.4, 0.5) is 5.69 Å². The fourth-order valence-corrected chi connectivity index (χ4v) is 3.13. The van der Waals surface area contributed by atoms with Crippen molar-refractivity contribution in [2.24, 2.45) is 0 Å². The second kappa shape index (κ2) is 6.84. The zero-order valence-corrected chi connectivity index (χ0v) is 14.5. The zero-order chi connectivity index (χ0) is 18.0. The molecule has 1 aliphatic rings. The minimum absolute atomic E-state index is 0.0652. The first-order chi connectivity index (χ1) is 12.1. The SMILES string of the molecule is CNC(=O)CN1c2ccccc2C(=O)N(C)C1c1ccc(OC)cc1. The van der Waals surface area contributed by atoms with Crippen molar-refractivity contribution >= 4 is 17.5 Å². The Hall–Kier alpha value is -3.02. The van der Waals surface area contributed by atoms with E-state index in [-0.39, 0.29) is 24.5 Å². The number of benzene rings is 2. The second-order valence-electron chi connectivity index (χ2n) is 5.88. The average Bonchev–Trinajstić information content (AvgIpc) is 2.66. The summed E-state index contributed by atoms with van der Waals surface area (Å²) in [5, 5.41) is 2.66. The van der Waals surface area contributed by atoms with Gasteiger partial charge >= 0.3 is 0 Å². The Morgan fingerprint density at radius 3 is 2.48 bits per heavy atom. The molecule has 0 aromatic heterocycles. The maximum absolute atomic E-state index is 12.8. The van der Waals surface area contributed by atoms with Crippen LogP contribution >= 0.6 is 0 Å². The highest BCUT2D eigenvalue weighted by Crippen LogP contribution is 2.37. The molecule has 1 N–H and O–H groups in total. The largest absolute Gasteiger partial charge is 0.497 e. The first kappa shape index (κ1) is 16.8. The summed E-state index contributed by atoms with van der Waals surface area (Å²) in [5.41, 5.74) is 2.27. The van der Waals surface area contributed by atoms with E-state index in [0.29, 0.717) is 5.56 Å². The molecule has 1 heterocycles. The Kier molecular flexibility index (Phi) is 4.61. The highest BCUT2D eigenvalue weighted by Gasteiger charge is 2.36. The fourth-order valence-electron chi connectivity index (χ4n) is 3.13. The van der Waals surface area contributed by atoms with Gasteiger partial charge in [0.2, 0.25) is 5.91 Å². The number of methoxy groups -OCH3 is 1. The van der Waals surface area contributed by atoms with Gasteiger partial charge in [-0.15, -0.1) is 0 Å². The Morgan fingerprint density at radius 1 is 1.16 bits per heavy atom. The first-order valence-electron chi connectivity index (χ1n) is 8.04. The molecule has 0 saturated heterocycles. The molecule has 2 aromatic rings. The molecular formula is C19H21N3O3. The number of nitrogens with zero attached hydrogens (tertiary/aromatic N) is 2. The third-order valence-corrected chi connectivity index (χ3v) is 4.43. The van der Waals surface area contributed by atoms with E-state index in [9.17, 15) is 9.59 Å². The molecule has 6 heteroatoms. The predicted molar refractivity (Wildman–Crippen MR) is 95.7 cm³/mol. The van der Waals surface area contributed by atoms with Gasteiger partial charge in [-0.3, -0.25) is 9.59 Å². The van der Waals surface area contributed by atoms with Crippen molar-refractivity contribution in [1.29, 1.82) is 0 Å². The molecule has 0 spiro atoms. The Balaban J connectivity index is 2.09. The van der Waals surface area contributed by atoms with Gasteiger partial charge in [0.15, 0.2) is 0 Å². The Bertz CT molecular complexity index is 789. The molecule has 3 rings (SSSR count). The molecule has 1 atom stereocenters. The van der Waals surface area contributed by atoms with Gasteiger partial charge in [-0.05, 0) is 29.8 Å². The number of nitrogens with one attached hydrogen (secondary N) is 1. The van der Waals surface area contributed by atoms with Crippen LogP contribution in [0.1, 0.15) is 22.1 Å². The van der Waals surface area contributed by atoms with Crippen LogP contribution in [0.3, 0.4) is 0 Å². The van der Waals surface area contributed by atoms with Gasteiger partial charge in [0, 0.05) is 14.1 Å². The van der Waals surface area contributed by atoms with Crippen LogP contribution in [-0.2, 0) is 4.79 Å². The molecule has 0 saturated carbocycles. The molecule has 6 nitrogen and oxygen atoms in total. The van der Waals surface area contributed by atoms with Crippen LogP contribution in [0.2, 0.25) is 0 Å². The van der Waals surface area contributed by atoms with Gasteiger partial charge in [0.1, 0.15) is 11.9 Å². The molecule has 2 aromatic carbocycles. The third-order valence-electron chi connectivity index (χ3n) is 4.43. The van der Waals surface area contributed by atoms with Crippen molar-refractivity contribution in [2.75, 3.05) is 32.6 Å². The van der Waals surface area contributed by atoms with E-state index in [1.807, 2.05) is 47.4 Å². The van der Waals surface area contributed by atoms with Crippen molar-refractivity contribution in [2.45, 2.75) is 6.17 Å². The standard InChI is InChI=1S/C19H21N3O3/c1-20-17(23)12-22-16-7-5-4-6-15(16)19(24)21(2)18(22)13-8-10-14(25-3)11-9-13/h4-11,18H,12H2,1-3H3,(H,20,23). The number of ether oxygens (including phenoxy) is 1. The number of hydrogen-bond donors (Lipinski definition) is 1. The normalized spacial score (nSPS) is 16.4. The number of rotatable bonds is 4. The number of amides is 2. The van der Waals surface area contributed by atoms with Crippen LogP contribution in [0.15, 0.2) is 48.5 Å². The van der Waals surface area contributed by atoms with Crippen molar-refractivity contribution in [3.63, 3.8) is 0 Å². The van der Waals surface area contributed by atoms with E-state index >= 15 is 0 Å². The lowest BCUT2D eigenvalue weighted by molar-refractivity contribution is -0.119. The highest BCUT2D eigenvalue weighted by molar-refractivity contribution is 6.02. The smallest absolute Gasteiger partial charge is 0.257 e. The van der Waals surface area contributed by atoms with E-state index in [2.05, 4.69) is 5.32 Å². The molecule has 0 bridgehead atoms. The molecule has 0 aliphatic carbocycles. The van der Waals surface area contributed by atoms with Gasteiger partial charge in [-0.2, -0.15) is 0 Å². The lowest BCUT2D eigenvalue weighted by atomic mass is 10.0. The van der Waals surface area contributed by atoms with Crippen molar-refractivity contribution in [3.05, 3.63) is 59.7 Å². The summed E-state index contributed by atoms with van der Waals surface area (Å²) in [6.45, 7) is 0.155. The predicted octanol–water partition coefficient (Wildman–Crippen LogP) is 2.03. The minimum Gasteiger partial charge on any atom is -0.497 e. The number of anilines is 1. The fraction of sp³-hybridized carbons (Fsp3) is 0.263. The van der Waals surface area contributed by atoms with E-state index in [4.69, 9.17) is 4.74 Å². The molecule has 0 fully saturated rings. The minimum atomic E-state index is -0.370. The number of carbonyl (C=O) groups is 2. The molecular weight excluding hydrogens is 318 g/mol. The number of likely N-dealkylation sites (N-methyl/N-ethyl adjacent to an activating group) is 1. The molecule has 130 valence electrons. The molecule has 0 radical (unpaired) electrons. The number of hydrogen-bond acceptors (Lipinski definition) is 4. The van der Waals surface area contributed by atoms with Gasteiger partial charge in [0.25, 0.3) is 5.91 Å². The topological polar surface area (TPSA) is 61.9 Å². The van der Waals surface area contributed by atoms with Crippen molar-refractivity contribution in [1.82, 2.24) is 10.2 Å². The van der Waals surface area contributed by atoms with Gasteiger partial charge < -0.3 is 19.9 Å². The third kappa shape index (κ3) is 3.03. The second-order valence-corrected chi connectivity index (χ2v) is 5.88. The van der Waals surface area contributed by atoms with Gasteiger partial charge in [0.05, 0.1) is 24.9 Å². The summed E-state index contributed by atoms with van der Waals surface area (Å²) >= 11 is 0. The summed E-state index contributed by atoms with van der Waals surface area (Å²) in [5.74, 6) is 0.562. The number of carbonyl (C=O) groups excluding carboxylic acids is 2. The lowest BCUT2D eigenvalue weighted by Crippen LogP contribution is -2.50.